The molecule has 3 nitrogen and oxygen atoms in total. The number of thiophene rings is 1. The molecule has 1 unspecified atom stereocenters. The Morgan fingerprint density at radius 2 is 2.36 bits per heavy atom. The van der Waals surface area contributed by atoms with Gasteiger partial charge in [-0.2, -0.15) is 5.48 Å². The summed E-state index contributed by atoms with van der Waals surface area (Å²) in [6.45, 7) is -0.108. The minimum atomic E-state index is -0.369. The van der Waals surface area contributed by atoms with Crippen LogP contribution < -0.4 is 5.48 Å². The van der Waals surface area contributed by atoms with Crippen LogP contribution in [0.1, 0.15) is 10.9 Å². The molecule has 0 aliphatic heterocycles. The summed E-state index contributed by atoms with van der Waals surface area (Å²) in [7, 11) is 0. The van der Waals surface area contributed by atoms with Gasteiger partial charge in [0.15, 0.2) is 0 Å². The molecule has 1 rings (SSSR count). The smallest absolute Gasteiger partial charge is 0.0892 e. The highest BCUT2D eigenvalue weighted by atomic mass is 79.9. The molecule has 0 fully saturated rings. The first-order chi connectivity index (χ1) is 5.27. The van der Waals surface area contributed by atoms with Crippen LogP contribution in [0.25, 0.3) is 0 Å². The Balaban J connectivity index is 2.73. The molecule has 5 heteroatoms. The van der Waals surface area contributed by atoms with Crippen molar-refractivity contribution in [3.8, 4) is 0 Å². The zero-order chi connectivity index (χ0) is 8.27. The van der Waals surface area contributed by atoms with Crippen molar-refractivity contribution < 1.29 is 10.3 Å². The predicted octanol–water partition coefficient (Wildman–Crippen LogP) is 1.52. The lowest BCUT2D eigenvalue weighted by atomic mass is 10.3. The molecule has 1 atom stereocenters. The van der Waals surface area contributed by atoms with Crippen LogP contribution in [-0.4, -0.2) is 16.9 Å². The summed E-state index contributed by atoms with van der Waals surface area (Å²) in [6, 6.07) is 3.35. The Labute approximate surface area is 76.8 Å². The predicted molar refractivity (Wildman–Crippen MR) is 46.8 cm³/mol. The van der Waals surface area contributed by atoms with Gasteiger partial charge in [-0.25, -0.2) is 0 Å². The van der Waals surface area contributed by atoms with Gasteiger partial charge in [0.05, 0.1) is 16.4 Å². The maximum atomic E-state index is 8.76. The fraction of sp³-hybridized carbons (Fsp3) is 0.333. The van der Waals surface area contributed by atoms with E-state index in [9.17, 15) is 0 Å². The van der Waals surface area contributed by atoms with Gasteiger partial charge >= 0.3 is 0 Å². The Kier molecular flexibility index (Phi) is 3.47. The van der Waals surface area contributed by atoms with Gasteiger partial charge in [-0.1, -0.05) is 0 Å². The molecule has 0 saturated carbocycles. The number of hydroxylamine groups is 1. The second-order valence-corrected chi connectivity index (χ2v) is 4.50. The third kappa shape index (κ3) is 2.25. The Hall–Kier alpha value is 0.0600. The van der Waals surface area contributed by atoms with E-state index in [1.54, 1.807) is 0 Å². The summed E-state index contributed by atoms with van der Waals surface area (Å²) in [5.41, 5.74) is 2.02. The van der Waals surface area contributed by atoms with E-state index in [-0.39, 0.29) is 12.6 Å². The number of halogens is 1. The zero-order valence-electron chi connectivity index (χ0n) is 5.62. The molecule has 0 saturated heterocycles. The molecule has 0 aromatic carbocycles. The van der Waals surface area contributed by atoms with Crippen molar-refractivity contribution >= 4 is 27.3 Å². The summed E-state index contributed by atoms with van der Waals surface area (Å²) < 4.78 is 0.987. The van der Waals surface area contributed by atoms with Crippen molar-refractivity contribution in [2.24, 2.45) is 0 Å². The molecule has 1 aromatic rings. The molecular weight excluding hydrogens is 230 g/mol. The highest BCUT2D eigenvalue weighted by molar-refractivity contribution is 9.11. The van der Waals surface area contributed by atoms with Gasteiger partial charge in [-0.05, 0) is 28.1 Å². The number of rotatable bonds is 3. The lowest BCUT2D eigenvalue weighted by Gasteiger charge is -2.07. The average molecular weight is 238 g/mol. The molecule has 62 valence electrons. The largest absolute Gasteiger partial charge is 0.394 e. The lowest BCUT2D eigenvalue weighted by molar-refractivity contribution is 0.0921. The quantitative estimate of drug-likeness (QED) is 0.700. The lowest BCUT2D eigenvalue weighted by Crippen LogP contribution is -2.19. The van der Waals surface area contributed by atoms with Crippen LogP contribution in [0, 0.1) is 0 Å². The molecule has 0 aliphatic carbocycles. The van der Waals surface area contributed by atoms with Crippen LogP contribution in [0.15, 0.2) is 15.9 Å². The maximum absolute atomic E-state index is 8.76. The molecule has 1 aromatic heterocycles. The average Bonchev–Trinajstić information content (AvgIpc) is 2.39. The summed E-state index contributed by atoms with van der Waals surface area (Å²) >= 11 is 4.77. The van der Waals surface area contributed by atoms with Crippen LogP contribution in [0.4, 0.5) is 0 Å². The van der Waals surface area contributed by atoms with Crippen molar-refractivity contribution in [2.45, 2.75) is 6.04 Å². The fourth-order valence-corrected chi connectivity index (χ4v) is 2.17. The highest BCUT2D eigenvalue weighted by Gasteiger charge is 2.10. The highest BCUT2D eigenvalue weighted by Crippen LogP contribution is 2.26. The number of aliphatic hydroxyl groups excluding tert-OH is 1. The molecule has 0 aliphatic rings. The van der Waals surface area contributed by atoms with Crippen LogP contribution in [-0.2, 0) is 0 Å². The van der Waals surface area contributed by atoms with Crippen molar-refractivity contribution in [3.05, 3.63) is 20.8 Å². The molecule has 11 heavy (non-hydrogen) atoms. The van der Waals surface area contributed by atoms with E-state index in [1.165, 1.54) is 11.3 Å². The molecule has 1 heterocycles. The first-order valence-corrected chi connectivity index (χ1v) is 4.64. The van der Waals surface area contributed by atoms with Gasteiger partial charge in [0.2, 0.25) is 0 Å². The van der Waals surface area contributed by atoms with Crippen LogP contribution in [0.2, 0.25) is 0 Å². The Bertz CT molecular complexity index is 224. The van der Waals surface area contributed by atoms with Gasteiger partial charge in [0.25, 0.3) is 0 Å². The van der Waals surface area contributed by atoms with E-state index < -0.39 is 0 Å². The van der Waals surface area contributed by atoms with E-state index in [1.807, 2.05) is 17.6 Å². The maximum Gasteiger partial charge on any atom is 0.0892 e. The van der Waals surface area contributed by atoms with Gasteiger partial charge in [-0.3, -0.25) is 0 Å². The van der Waals surface area contributed by atoms with Crippen LogP contribution in [0.3, 0.4) is 0 Å². The molecule has 0 bridgehead atoms. The summed E-state index contributed by atoms with van der Waals surface area (Å²) in [6.07, 6.45) is 0. The number of aliphatic hydroxyl groups is 1. The zero-order valence-corrected chi connectivity index (χ0v) is 8.02. The summed E-state index contributed by atoms with van der Waals surface area (Å²) in [5.74, 6) is 0. The van der Waals surface area contributed by atoms with Crippen molar-refractivity contribution in [2.75, 3.05) is 6.61 Å². The van der Waals surface area contributed by atoms with Gasteiger partial charge < -0.3 is 10.3 Å². The van der Waals surface area contributed by atoms with Crippen LogP contribution >= 0.6 is 27.3 Å². The van der Waals surface area contributed by atoms with Gasteiger partial charge in [-0.15, -0.1) is 11.3 Å². The Morgan fingerprint density at radius 3 is 2.73 bits per heavy atom. The molecular formula is C6H8BrNO2S. The monoisotopic (exact) mass is 237 g/mol. The van der Waals surface area contributed by atoms with E-state index in [0.717, 1.165) is 8.66 Å². The second kappa shape index (κ2) is 4.18. The van der Waals surface area contributed by atoms with E-state index in [4.69, 9.17) is 10.3 Å². The van der Waals surface area contributed by atoms with E-state index in [2.05, 4.69) is 15.9 Å². The molecule has 3 N–H and O–H groups in total. The third-order valence-corrected chi connectivity index (χ3v) is 3.01. The minimum absolute atomic E-state index is 0.108. The van der Waals surface area contributed by atoms with Crippen LogP contribution in [0.5, 0.6) is 0 Å². The standard InChI is InChI=1S/C6H8BrNO2S/c7-6-2-1-5(11-6)4(3-9)8-10/h1-2,4,8-10H,3H2. The van der Waals surface area contributed by atoms with E-state index >= 15 is 0 Å². The minimum Gasteiger partial charge on any atom is -0.394 e. The molecule has 0 spiro atoms. The first kappa shape index (κ1) is 9.15. The van der Waals surface area contributed by atoms with Gasteiger partial charge in [0, 0.05) is 4.88 Å². The number of hydrogen-bond donors (Lipinski definition) is 3. The third-order valence-electron chi connectivity index (χ3n) is 1.28. The SMILES string of the molecule is OCC(NO)c1ccc(Br)s1. The number of nitrogens with one attached hydrogen (secondary N) is 1. The van der Waals surface area contributed by atoms with Crippen molar-refractivity contribution in [1.29, 1.82) is 0 Å². The number of hydrogen-bond acceptors (Lipinski definition) is 4. The van der Waals surface area contributed by atoms with Crippen molar-refractivity contribution in [3.63, 3.8) is 0 Å². The van der Waals surface area contributed by atoms with E-state index in [0.29, 0.717) is 0 Å². The fourth-order valence-electron chi connectivity index (χ4n) is 0.710. The molecule has 0 amide bonds. The summed E-state index contributed by atoms with van der Waals surface area (Å²) in [4.78, 5) is 0.905. The topological polar surface area (TPSA) is 52.5 Å². The van der Waals surface area contributed by atoms with Crippen molar-refractivity contribution in [1.82, 2.24) is 5.48 Å². The Morgan fingerprint density at radius 1 is 1.64 bits per heavy atom. The normalized spacial score (nSPS) is 13.4. The first-order valence-electron chi connectivity index (χ1n) is 3.03. The summed E-state index contributed by atoms with van der Waals surface area (Å²) in [5, 5.41) is 17.3. The molecule has 0 radical (unpaired) electrons. The second-order valence-electron chi connectivity index (χ2n) is 2.01. The van der Waals surface area contributed by atoms with Gasteiger partial charge in [0.1, 0.15) is 0 Å².